The molecule has 0 radical (unpaired) electrons. The third-order valence-electron chi connectivity index (χ3n) is 5.62. The highest BCUT2D eigenvalue weighted by Crippen LogP contribution is 2.38. The van der Waals surface area contributed by atoms with Gasteiger partial charge >= 0.3 is 7.82 Å². The van der Waals surface area contributed by atoms with Crippen LogP contribution in [-0.2, 0) is 25.8 Å². The van der Waals surface area contributed by atoms with Crippen molar-refractivity contribution in [1.82, 2.24) is 14.8 Å². The lowest BCUT2D eigenvalue weighted by atomic mass is 9.89. The van der Waals surface area contributed by atoms with E-state index < -0.39 is 18.7 Å². The second-order valence-corrected chi connectivity index (χ2v) is 11.2. The minimum Gasteiger partial charge on any atom is -0.497 e. The Morgan fingerprint density at radius 2 is 1.77 bits per heavy atom. The van der Waals surface area contributed by atoms with E-state index in [2.05, 4.69) is 14.6 Å². The molecule has 0 bridgehead atoms. The van der Waals surface area contributed by atoms with Crippen LogP contribution in [0.4, 0.5) is 0 Å². The maximum Gasteiger partial charge on any atom is 0.469 e. The summed E-state index contributed by atoms with van der Waals surface area (Å²) in [4.78, 5) is 48.3. The highest BCUT2D eigenvalue weighted by atomic mass is 31.2. The van der Waals surface area contributed by atoms with Gasteiger partial charge in [-0.1, -0.05) is 34.6 Å². The Morgan fingerprint density at radius 1 is 1.09 bits per heavy atom. The number of benzene rings is 1. The van der Waals surface area contributed by atoms with E-state index in [1.165, 1.54) is 18.0 Å². The summed E-state index contributed by atoms with van der Waals surface area (Å²) in [6, 6.07) is 8.39. The van der Waals surface area contributed by atoms with Gasteiger partial charge < -0.3 is 14.5 Å². The number of Topliss-reactive ketones (excluding diaryl/α,β-unsaturated/α-hetero) is 1. The number of carbonyl (C=O) groups is 2. The van der Waals surface area contributed by atoms with Gasteiger partial charge in [0.1, 0.15) is 18.0 Å². The Balaban J connectivity index is 1.96. The van der Waals surface area contributed by atoms with E-state index in [9.17, 15) is 14.2 Å². The number of methoxy groups -OCH3 is 1. The number of nitrogens with zero attached hydrogens (tertiary/aromatic N) is 3. The topological polar surface area (TPSA) is 141 Å². The van der Waals surface area contributed by atoms with Gasteiger partial charge in [0.15, 0.2) is 5.78 Å². The molecule has 10 nitrogen and oxygen atoms in total. The van der Waals surface area contributed by atoms with E-state index in [1.54, 1.807) is 44.2 Å². The maximum atomic E-state index is 13.4. The summed E-state index contributed by atoms with van der Waals surface area (Å²) in [5, 5.41) is 5.06. The molecular formula is C24H30N3O7P. The van der Waals surface area contributed by atoms with Gasteiger partial charge in [-0.2, -0.15) is 5.10 Å². The van der Waals surface area contributed by atoms with Gasteiger partial charge in [0.25, 0.3) is 0 Å². The van der Waals surface area contributed by atoms with Crippen LogP contribution in [-0.4, -0.2) is 49.8 Å². The van der Waals surface area contributed by atoms with Crippen molar-refractivity contribution >= 4 is 30.3 Å². The lowest BCUT2D eigenvalue weighted by Crippen LogP contribution is -2.25. The zero-order valence-electron chi connectivity index (χ0n) is 20.6. The average Bonchev–Trinajstić information content (AvgIpc) is 3.13. The fourth-order valence-corrected chi connectivity index (χ4v) is 3.82. The Bertz CT molecular complexity index is 1300. The molecule has 0 aliphatic heterocycles. The van der Waals surface area contributed by atoms with Crippen molar-refractivity contribution in [3.63, 3.8) is 0 Å². The van der Waals surface area contributed by atoms with E-state index in [1.807, 2.05) is 20.8 Å². The molecule has 2 aromatic heterocycles. The standard InChI is InChI=1S/C24H30N3O7P/c1-23(2,3)20(28)13-27-18-11-16(33-6)8-9-17(18)21(26-27)22(29)15-7-10-19(25-12-15)24(4,5)14-34-35(30,31)32/h7-12H,13-14H2,1-6H3,(H2,30,31,32). The highest BCUT2D eigenvalue weighted by Gasteiger charge is 2.28. The monoisotopic (exact) mass is 503 g/mol. The van der Waals surface area contributed by atoms with Crippen LogP contribution in [0.2, 0.25) is 0 Å². The normalized spacial score (nSPS) is 12.7. The first kappa shape index (κ1) is 26.7. The molecule has 0 unspecified atom stereocenters. The average molecular weight is 503 g/mol. The minimum atomic E-state index is -4.62. The SMILES string of the molecule is COc1ccc2c(C(=O)c3ccc(C(C)(C)COP(=O)(O)O)nc3)nn(CC(=O)C(C)(C)C)c2c1. The van der Waals surface area contributed by atoms with Gasteiger partial charge in [-0.15, -0.1) is 0 Å². The number of aromatic nitrogens is 3. The van der Waals surface area contributed by atoms with Crippen molar-refractivity contribution in [2.45, 2.75) is 46.6 Å². The molecule has 0 saturated carbocycles. The summed E-state index contributed by atoms with van der Waals surface area (Å²) in [6.45, 7) is 8.68. The predicted molar refractivity (Wildman–Crippen MR) is 129 cm³/mol. The van der Waals surface area contributed by atoms with Crippen molar-refractivity contribution < 1.29 is 33.2 Å². The largest absolute Gasteiger partial charge is 0.497 e. The third kappa shape index (κ3) is 6.21. The predicted octanol–water partition coefficient (Wildman–Crippen LogP) is 3.67. The summed E-state index contributed by atoms with van der Waals surface area (Å²) < 4.78 is 22.5. The van der Waals surface area contributed by atoms with Crippen LogP contribution in [0.1, 0.15) is 56.4 Å². The molecule has 35 heavy (non-hydrogen) atoms. The third-order valence-corrected chi connectivity index (χ3v) is 6.08. The van der Waals surface area contributed by atoms with Crippen molar-refractivity contribution in [3.05, 3.63) is 53.5 Å². The van der Waals surface area contributed by atoms with Gasteiger partial charge in [-0.05, 0) is 24.3 Å². The lowest BCUT2D eigenvalue weighted by molar-refractivity contribution is -0.127. The first-order valence-corrected chi connectivity index (χ1v) is 12.4. The van der Waals surface area contributed by atoms with Crippen molar-refractivity contribution in [2.75, 3.05) is 13.7 Å². The number of rotatable bonds is 9. The van der Waals surface area contributed by atoms with Gasteiger partial charge in [0.05, 0.1) is 19.2 Å². The van der Waals surface area contributed by atoms with E-state index in [-0.39, 0.29) is 36.0 Å². The Morgan fingerprint density at radius 3 is 2.31 bits per heavy atom. The van der Waals surface area contributed by atoms with E-state index in [4.69, 9.17) is 14.5 Å². The number of fused-ring (bicyclic) bond motifs is 1. The smallest absolute Gasteiger partial charge is 0.469 e. The van der Waals surface area contributed by atoms with Gasteiger partial charge in [-0.25, -0.2) is 4.57 Å². The zero-order valence-corrected chi connectivity index (χ0v) is 21.5. The molecule has 0 spiro atoms. The lowest BCUT2D eigenvalue weighted by Gasteiger charge is -2.23. The summed E-state index contributed by atoms with van der Waals surface area (Å²) in [5.74, 6) is 0.173. The Labute approximate surface area is 203 Å². The molecule has 0 saturated heterocycles. The van der Waals surface area contributed by atoms with Crippen molar-refractivity contribution in [2.24, 2.45) is 5.41 Å². The number of phosphoric ester groups is 1. The second-order valence-electron chi connectivity index (χ2n) is 9.97. The molecule has 188 valence electrons. The first-order chi connectivity index (χ1) is 16.1. The number of hydrogen-bond acceptors (Lipinski definition) is 7. The van der Waals surface area contributed by atoms with Crippen LogP contribution in [0, 0.1) is 5.41 Å². The van der Waals surface area contributed by atoms with E-state index in [0.29, 0.717) is 22.3 Å². The van der Waals surface area contributed by atoms with Crippen LogP contribution in [0.3, 0.4) is 0 Å². The summed E-state index contributed by atoms with van der Waals surface area (Å²) in [6.07, 6.45) is 1.39. The highest BCUT2D eigenvalue weighted by molar-refractivity contribution is 7.46. The molecule has 2 heterocycles. The van der Waals surface area contributed by atoms with Crippen LogP contribution in [0.15, 0.2) is 36.5 Å². The number of ether oxygens (including phenoxy) is 1. The quantitative estimate of drug-likeness (QED) is 0.330. The second kappa shape index (κ2) is 9.62. The summed E-state index contributed by atoms with van der Waals surface area (Å²) in [7, 11) is -3.09. The van der Waals surface area contributed by atoms with E-state index in [0.717, 1.165) is 0 Å². The number of pyridine rings is 1. The molecule has 0 aliphatic rings. The number of ketones is 2. The maximum absolute atomic E-state index is 13.4. The van der Waals surface area contributed by atoms with Crippen LogP contribution >= 0.6 is 7.82 Å². The molecule has 0 fully saturated rings. The molecule has 0 atom stereocenters. The number of hydrogen-bond donors (Lipinski definition) is 2. The number of phosphoric acid groups is 1. The van der Waals surface area contributed by atoms with E-state index >= 15 is 0 Å². The summed E-state index contributed by atoms with van der Waals surface area (Å²) in [5.41, 5.74) is 0.190. The van der Waals surface area contributed by atoms with Crippen molar-refractivity contribution in [3.8, 4) is 5.75 Å². The fraction of sp³-hybridized carbons (Fsp3) is 0.417. The van der Waals surface area contributed by atoms with Gasteiger partial charge in [0.2, 0.25) is 5.78 Å². The number of carbonyl (C=O) groups excluding carboxylic acids is 2. The van der Waals surface area contributed by atoms with Crippen LogP contribution in [0.25, 0.3) is 10.9 Å². The first-order valence-electron chi connectivity index (χ1n) is 10.9. The molecule has 3 aromatic rings. The zero-order chi connectivity index (χ0) is 26.2. The van der Waals surface area contributed by atoms with Crippen LogP contribution < -0.4 is 4.74 Å². The van der Waals surface area contributed by atoms with Crippen molar-refractivity contribution in [1.29, 1.82) is 0 Å². The van der Waals surface area contributed by atoms with Gasteiger partial charge in [0, 0.05) is 39.7 Å². The Kier molecular flexibility index (Phi) is 7.34. The molecular weight excluding hydrogens is 473 g/mol. The molecule has 0 amide bonds. The molecule has 1 aromatic carbocycles. The minimum absolute atomic E-state index is 0.00535. The molecule has 2 N–H and O–H groups in total. The molecule has 11 heteroatoms. The van der Waals surface area contributed by atoms with Crippen LogP contribution in [0.5, 0.6) is 5.75 Å². The molecule has 3 rings (SSSR count). The van der Waals surface area contributed by atoms with Gasteiger partial charge in [-0.3, -0.25) is 23.8 Å². The molecule has 0 aliphatic carbocycles. The summed E-state index contributed by atoms with van der Waals surface area (Å²) >= 11 is 0. The Hall–Kier alpha value is -2.91. The fourth-order valence-electron chi connectivity index (χ4n) is 3.33.